The van der Waals surface area contributed by atoms with Gasteiger partial charge in [0.15, 0.2) is 0 Å². The summed E-state index contributed by atoms with van der Waals surface area (Å²) in [6, 6.07) is 7.14. The van der Waals surface area contributed by atoms with Gasteiger partial charge < -0.3 is 4.74 Å². The second-order valence-electron chi connectivity index (χ2n) is 4.61. The van der Waals surface area contributed by atoms with Crippen molar-refractivity contribution < 1.29 is 35.9 Å². The van der Waals surface area contributed by atoms with Crippen LogP contribution in [0.25, 0.3) is 11.1 Å². The van der Waals surface area contributed by atoms with Crippen LogP contribution in [0.4, 0.5) is 26.3 Å². The van der Waals surface area contributed by atoms with Crippen molar-refractivity contribution in [2.24, 2.45) is 0 Å². The van der Waals surface area contributed by atoms with Gasteiger partial charge in [0.05, 0.1) is 5.56 Å². The van der Waals surface area contributed by atoms with Gasteiger partial charge in [-0.05, 0) is 47.0 Å². The van der Waals surface area contributed by atoms with Crippen molar-refractivity contribution in [3.05, 3.63) is 53.6 Å². The van der Waals surface area contributed by atoms with E-state index in [4.69, 9.17) is 11.6 Å². The van der Waals surface area contributed by atoms with Gasteiger partial charge >= 0.3 is 12.5 Å². The van der Waals surface area contributed by atoms with Gasteiger partial charge in [0.1, 0.15) is 5.75 Å². The average Bonchev–Trinajstić information content (AvgIpc) is 2.44. The molecule has 0 heterocycles. The molecule has 0 fully saturated rings. The molecule has 0 aliphatic carbocycles. The van der Waals surface area contributed by atoms with E-state index in [1.807, 2.05) is 0 Å². The third-order valence-electron chi connectivity index (χ3n) is 2.94. The number of alkyl halides is 6. The van der Waals surface area contributed by atoms with E-state index < -0.39 is 34.7 Å². The number of rotatable bonds is 3. The van der Waals surface area contributed by atoms with Crippen molar-refractivity contribution in [1.29, 1.82) is 0 Å². The Balaban J connectivity index is 2.48. The zero-order chi connectivity index (χ0) is 18.1. The highest BCUT2D eigenvalue weighted by atomic mass is 35.5. The molecule has 0 atom stereocenters. The predicted octanol–water partition coefficient (Wildman–Crippen LogP) is 5.65. The van der Waals surface area contributed by atoms with E-state index in [-0.39, 0.29) is 11.1 Å². The molecule has 9 heteroatoms. The van der Waals surface area contributed by atoms with Gasteiger partial charge in [-0.1, -0.05) is 18.2 Å². The summed E-state index contributed by atoms with van der Waals surface area (Å²) in [6.45, 7) is 0. The van der Waals surface area contributed by atoms with Crippen LogP contribution >= 0.6 is 11.6 Å². The summed E-state index contributed by atoms with van der Waals surface area (Å²) >= 11 is 5.18. The maximum Gasteiger partial charge on any atom is 0.573 e. The second kappa shape index (κ2) is 6.35. The summed E-state index contributed by atoms with van der Waals surface area (Å²) in [5.41, 5.74) is -1.80. The molecule has 0 saturated carbocycles. The van der Waals surface area contributed by atoms with Crippen LogP contribution in [0.5, 0.6) is 5.75 Å². The van der Waals surface area contributed by atoms with Crippen molar-refractivity contribution in [3.63, 3.8) is 0 Å². The van der Waals surface area contributed by atoms with Gasteiger partial charge in [0.25, 0.3) is 5.24 Å². The zero-order valence-electron chi connectivity index (χ0n) is 11.5. The Bertz CT molecular complexity index is 767. The molecule has 2 aromatic carbocycles. The minimum Gasteiger partial charge on any atom is -0.406 e. The quantitative estimate of drug-likeness (QED) is 0.517. The van der Waals surface area contributed by atoms with Crippen molar-refractivity contribution in [3.8, 4) is 16.9 Å². The molecule has 0 aliphatic rings. The fourth-order valence-electron chi connectivity index (χ4n) is 2.01. The van der Waals surface area contributed by atoms with Crippen molar-refractivity contribution >= 4 is 16.8 Å². The third kappa shape index (κ3) is 4.41. The molecule has 0 N–H and O–H groups in total. The Labute approximate surface area is 136 Å². The number of hydrogen-bond acceptors (Lipinski definition) is 2. The van der Waals surface area contributed by atoms with Crippen molar-refractivity contribution in [2.45, 2.75) is 12.5 Å². The van der Waals surface area contributed by atoms with E-state index >= 15 is 0 Å². The molecule has 24 heavy (non-hydrogen) atoms. The minimum absolute atomic E-state index is 0.0830. The van der Waals surface area contributed by atoms with Crippen LogP contribution in [0.15, 0.2) is 42.5 Å². The topological polar surface area (TPSA) is 26.3 Å². The Kier molecular flexibility index (Phi) is 4.80. The molecule has 0 aromatic heterocycles. The first kappa shape index (κ1) is 18.1. The highest BCUT2D eigenvalue weighted by molar-refractivity contribution is 6.68. The van der Waals surface area contributed by atoms with E-state index in [0.717, 1.165) is 24.3 Å². The lowest BCUT2D eigenvalue weighted by Gasteiger charge is -2.13. The van der Waals surface area contributed by atoms with E-state index in [0.29, 0.717) is 6.07 Å². The van der Waals surface area contributed by atoms with E-state index in [2.05, 4.69) is 4.74 Å². The van der Waals surface area contributed by atoms with E-state index in [1.54, 1.807) is 0 Å². The largest absolute Gasteiger partial charge is 0.573 e. The lowest BCUT2D eigenvalue weighted by molar-refractivity contribution is -0.274. The number of ether oxygens (including phenoxy) is 1. The first-order valence-electron chi connectivity index (χ1n) is 6.24. The third-order valence-corrected chi connectivity index (χ3v) is 3.14. The number of carbonyl (C=O) groups is 1. The number of benzene rings is 2. The molecule has 2 nitrogen and oxygen atoms in total. The van der Waals surface area contributed by atoms with Crippen LogP contribution in [0.1, 0.15) is 15.9 Å². The summed E-state index contributed by atoms with van der Waals surface area (Å²) in [6.07, 6.45) is -9.70. The molecular formula is C15H7ClF6O2. The van der Waals surface area contributed by atoms with Crippen LogP contribution < -0.4 is 4.74 Å². The van der Waals surface area contributed by atoms with E-state index in [1.165, 1.54) is 12.1 Å². The molecule has 0 radical (unpaired) electrons. The summed E-state index contributed by atoms with van der Waals surface area (Å²) < 4.78 is 78.9. The smallest absolute Gasteiger partial charge is 0.406 e. The lowest BCUT2D eigenvalue weighted by Crippen LogP contribution is -2.17. The molecule has 128 valence electrons. The van der Waals surface area contributed by atoms with Crippen LogP contribution in [-0.4, -0.2) is 11.6 Å². The Hall–Kier alpha value is -2.22. The maximum atomic E-state index is 12.8. The molecule has 0 aliphatic heterocycles. The fourth-order valence-corrected chi connectivity index (χ4v) is 2.16. The van der Waals surface area contributed by atoms with Gasteiger partial charge in [-0.3, -0.25) is 4.79 Å². The number of carbonyl (C=O) groups excluding carboxylic acids is 1. The molecule has 2 rings (SSSR count). The lowest BCUT2D eigenvalue weighted by atomic mass is 9.99. The zero-order valence-corrected chi connectivity index (χ0v) is 12.3. The summed E-state index contributed by atoms with van der Waals surface area (Å²) in [5.74, 6) is -0.543. The molecule has 0 unspecified atom stereocenters. The molecular weight excluding hydrogens is 362 g/mol. The molecule has 2 aromatic rings. The Morgan fingerprint density at radius 1 is 0.917 bits per heavy atom. The standard InChI is InChI=1S/C15H7ClF6O2/c16-13(23)11-7-9(4-5-12(11)14(17,18)19)8-2-1-3-10(6-8)24-15(20,21)22/h1-7H. The van der Waals surface area contributed by atoms with Gasteiger partial charge in [0, 0.05) is 5.56 Å². The average molecular weight is 369 g/mol. The molecule has 0 spiro atoms. The van der Waals surface area contributed by atoms with Gasteiger partial charge in [-0.15, -0.1) is 13.2 Å². The minimum atomic E-state index is -4.91. The molecule has 0 bridgehead atoms. The Morgan fingerprint density at radius 3 is 2.08 bits per heavy atom. The summed E-state index contributed by atoms with van der Waals surface area (Å²) in [7, 11) is 0. The van der Waals surface area contributed by atoms with Crippen molar-refractivity contribution in [1.82, 2.24) is 0 Å². The number of halogens is 7. The predicted molar refractivity (Wildman–Crippen MR) is 73.7 cm³/mol. The van der Waals surface area contributed by atoms with Gasteiger partial charge in [-0.25, -0.2) is 0 Å². The SMILES string of the molecule is O=C(Cl)c1cc(-c2cccc(OC(F)(F)F)c2)ccc1C(F)(F)F. The highest BCUT2D eigenvalue weighted by Gasteiger charge is 2.35. The molecule has 0 saturated heterocycles. The van der Waals surface area contributed by atoms with Crippen LogP contribution in [0.2, 0.25) is 0 Å². The van der Waals surface area contributed by atoms with Gasteiger partial charge in [-0.2, -0.15) is 13.2 Å². The maximum absolute atomic E-state index is 12.8. The number of hydrogen-bond donors (Lipinski definition) is 0. The van der Waals surface area contributed by atoms with Crippen LogP contribution in [0, 0.1) is 0 Å². The summed E-state index contributed by atoms with van der Waals surface area (Å²) in [5, 5.41) is -1.33. The Morgan fingerprint density at radius 2 is 1.54 bits per heavy atom. The monoisotopic (exact) mass is 368 g/mol. The summed E-state index contributed by atoms with van der Waals surface area (Å²) in [4.78, 5) is 11.2. The van der Waals surface area contributed by atoms with Crippen LogP contribution in [-0.2, 0) is 6.18 Å². The van der Waals surface area contributed by atoms with Crippen molar-refractivity contribution in [2.75, 3.05) is 0 Å². The normalized spacial score (nSPS) is 12.1. The second-order valence-corrected chi connectivity index (χ2v) is 4.95. The van der Waals surface area contributed by atoms with Gasteiger partial charge in [0.2, 0.25) is 0 Å². The molecule has 0 amide bonds. The highest BCUT2D eigenvalue weighted by Crippen LogP contribution is 2.36. The fraction of sp³-hybridized carbons (Fsp3) is 0.133. The van der Waals surface area contributed by atoms with E-state index in [9.17, 15) is 31.1 Å². The first-order valence-corrected chi connectivity index (χ1v) is 6.62. The van der Waals surface area contributed by atoms with Crippen LogP contribution in [0.3, 0.4) is 0 Å². The first-order chi connectivity index (χ1) is 11.0.